The molecule has 0 unspecified atom stereocenters. The fourth-order valence-corrected chi connectivity index (χ4v) is 0.873. The Labute approximate surface area is 80.0 Å². The van der Waals surface area contributed by atoms with E-state index in [0.717, 1.165) is 0 Å². The lowest BCUT2D eigenvalue weighted by molar-refractivity contribution is 0.0600. The Hall–Kier alpha value is -1.95. The van der Waals surface area contributed by atoms with Crippen LogP contribution in [-0.2, 0) is 4.74 Å². The molecule has 14 heavy (non-hydrogen) atoms. The second-order valence-corrected chi connectivity index (χ2v) is 2.39. The summed E-state index contributed by atoms with van der Waals surface area (Å²) in [5.74, 6) is 3.82. The predicted octanol–water partition coefficient (Wildman–Crippen LogP) is -0.528. The van der Waals surface area contributed by atoms with Gasteiger partial charge >= 0.3 is 5.97 Å². The molecule has 1 aromatic heterocycles. The van der Waals surface area contributed by atoms with Crippen LogP contribution in [0.1, 0.15) is 20.8 Å². The van der Waals surface area contributed by atoms with Crippen molar-refractivity contribution in [3.63, 3.8) is 0 Å². The molecule has 0 atom stereocenters. The van der Waals surface area contributed by atoms with E-state index in [9.17, 15) is 9.59 Å². The number of nitrogen functional groups attached to an aromatic ring is 1. The van der Waals surface area contributed by atoms with Crippen LogP contribution in [0.15, 0.2) is 18.3 Å². The van der Waals surface area contributed by atoms with Crippen molar-refractivity contribution in [2.24, 2.45) is 5.84 Å². The monoisotopic (exact) mass is 195 g/mol. The number of methoxy groups -OCH3 is 1. The van der Waals surface area contributed by atoms with Crippen molar-refractivity contribution in [2.45, 2.75) is 0 Å². The van der Waals surface area contributed by atoms with Crippen LogP contribution >= 0.6 is 0 Å². The van der Waals surface area contributed by atoms with E-state index in [2.05, 4.69) is 9.72 Å². The van der Waals surface area contributed by atoms with Gasteiger partial charge in [-0.1, -0.05) is 0 Å². The van der Waals surface area contributed by atoms with Gasteiger partial charge in [0.15, 0.2) is 0 Å². The molecule has 0 aliphatic rings. The number of nitrogens with two attached hydrogens (primary N) is 1. The molecule has 0 radical (unpaired) electrons. The molecule has 0 aliphatic heterocycles. The lowest BCUT2D eigenvalue weighted by Gasteiger charge is -2.01. The summed E-state index contributed by atoms with van der Waals surface area (Å²) in [6.07, 6.45) is 1.33. The average molecular weight is 195 g/mol. The van der Waals surface area contributed by atoms with Gasteiger partial charge in [0.1, 0.15) is 5.69 Å². The molecule has 6 heteroatoms. The summed E-state index contributed by atoms with van der Waals surface area (Å²) >= 11 is 0. The third-order valence-corrected chi connectivity index (χ3v) is 1.54. The normalized spacial score (nSPS) is 9.29. The third kappa shape index (κ3) is 2.05. The number of pyridine rings is 1. The summed E-state index contributed by atoms with van der Waals surface area (Å²) in [4.78, 5) is 25.8. The Balaban J connectivity index is 3.01. The quantitative estimate of drug-likeness (QED) is 0.286. The molecule has 74 valence electrons. The van der Waals surface area contributed by atoms with Crippen LogP contribution in [0, 0.1) is 0 Å². The Morgan fingerprint density at radius 2 is 2.29 bits per heavy atom. The molecule has 0 saturated heterocycles. The van der Waals surface area contributed by atoms with Crippen LogP contribution in [0.3, 0.4) is 0 Å². The topological polar surface area (TPSA) is 94.3 Å². The summed E-state index contributed by atoms with van der Waals surface area (Å²) in [7, 11) is 1.26. The van der Waals surface area contributed by atoms with Crippen LogP contribution in [0.5, 0.6) is 0 Å². The van der Waals surface area contributed by atoms with Crippen LogP contribution in [0.25, 0.3) is 0 Å². The molecule has 1 amide bonds. The highest BCUT2D eigenvalue weighted by molar-refractivity contribution is 5.95. The van der Waals surface area contributed by atoms with Crippen molar-refractivity contribution < 1.29 is 14.3 Å². The van der Waals surface area contributed by atoms with Gasteiger partial charge in [0.2, 0.25) is 0 Å². The fourth-order valence-electron chi connectivity index (χ4n) is 0.873. The van der Waals surface area contributed by atoms with E-state index < -0.39 is 11.9 Å². The number of amides is 1. The molecule has 0 saturated carbocycles. The van der Waals surface area contributed by atoms with Crippen LogP contribution in [-0.4, -0.2) is 24.0 Å². The lowest BCUT2D eigenvalue weighted by Crippen LogP contribution is -2.30. The highest BCUT2D eigenvalue weighted by Gasteiger charge is 2.10. The van der Waals surface area contributed by atoms with Crippen molar-refractivity contribution in [1.29, 1.82) is 0 Å². The van der Waals surface area contributed by atoms with E-state index in [4.69, 9.17) is 5.84 Å². The number of aromatic nitrogens is 1. The highest BCUT2D eigenvalue weighted by atomic mass is 16.5. The maximum absolute atomic E-state index is 11.1. The van der Waals surface area contributed by atoms with Gasteiger partial charge in [-0.05, 0) is 12.1 Å². The molecule has 1 rings (SSSR count). The molecular weight excluding hydrogens is 186 g/mol. The molecule has 0 spiro atoms. The zero-order valence-corrected chi connectivity index (χ0v) is 7.48. The lowest BCUT2D eigenvalue weighted by atomic mass is 10.2. The molecule has 0 aromatic carbocycles. The third-order valence-electron chi connectivity index (χ3n) is 1.54. The second-order valence-electron chi connectivity index (χ2n) is 2.39. The molecule has 0 fully saturated rings. The van der Waals surface area contributed by atoms with Gasteiger partial charge in [-0.15, -0.1) is 0 Å². The SMILES string of the molecule is COC(=O)c1ccnc(C(=O)NN)c1. The number of hydrogen-bond donors (Lipinski definition) is 2. The summed E-state index contributed by atoms with van der Waals surface area (Å²) in [5, 5.41) is 0. The van der Waals surface area contributed by atoms with Gasteiger partial charge < -0.3 is 4.74 Å². The molecule has 0 bridgehead atoms. The minimum absolute atomic E-state index is 0.0652. The molecule has 1 aromatic rings. The number of carbonyl (C=O) groups excluding carboxylic acids is 2. The van der Waals surface area contributed by atoms with E-state index in [0.29, 0.717) is 0 Å². The molecule has 6 nitrogen and oxygen atoms in total. The van der Waals surface area contributed by atoms with E-state index in [1.54, 1.807) is 0 Å². The van der Waals surface area contributed by atoms with Crippen molar-refractivity contribution in [2.75, 3.05) is 7.11 Å². The molecule has 3 N–H and O–H groups in total. The highest BCUT2D eigenvalue weighted by Crippen LogP contribution is 2.02. The predicted molar refractivity (Wildman–Crippen MR) is 47.2 cm³/mol. The van der Waals surface area contributed by atoms with Crippen molar-refractivity contribution in [1.82, 2.24) is 10.4 Å². The minimum atomic E-state index is -0.559. The van der Waals surface area contributed by atoms with E-state index >= 15 is 0 Å². The van der Waals surface area contributed by atoms with Gasteiger partial charge in [-0.2, -0.15) is 0 Å². The molecule has 1 heterocycles. The zero-order chi connectivity index (χ0) is 10.6. The van der Waals surface area contributed by atoms with Gasteiger partial charge in [0, 0.05) is 6.20 Å². The van der Waals surface area contributed by atoms with Crippen molar-refractivity contribution in [3.8, 4) is 0 Å². The average Bonchev–Trinajstić information content (AvgIpc) is 2.27. The van der Waals surface area contributed by atoms with Gasteiger partial charge in [0.05, 0.1) is 12.7 Å². The van der Waals surface area contributed by atoms with Gasteiger partial charge in [-0.25, -0.2) is 10.6 Å². The molecular formula is C8H9N3O3. The van der Waals surface area contributed by atoms with Crippen molar-refractivity contribution in [3.05, 3.63) is 29.6 Å². The Kier molecular flexibility index (Phi) is 3.14. The van der Waals surface area contributed by atoms with E-state index in [1.165, 1.54) is 25.4 Å². The largest absolute Gasteiger partial charge is 0.465 e. The standard InChI is InChI=1S/C8H9N3O3/c1-14-8(13)5-2-3-10-6(4-5)7(12)11-9/h2-4H,9H2,1H3,(H,11,12). The number of nitrogens with one attached hydrogen (secondary N) is 1. The first-order valence-electron chi connectivity index (χ1n) is 3.74. The number of ether oxygens (including phenoxy) is 1. The maximum Gasteiger partial charge on any atom is 0.337 e. The molecule has 0 aliphatic carbocycles. The summed E-state index contributed by atoms with van der Waals surface area (Å²) in [6.45, 7) is 0. The number of carbonyl (C=O) groups is 2. The maximum atomic E-state index is 11.1. The fraction of sp³-hybridized carbons (Fsp3) is 0.125. The number of esters is 1. The van der Waals surface area contributed by atoms with Gasteiger partial charge in [-0.3, -0.25) is 15.2 Å². The van der Waals surface area contributed by atoms with E-state index in [-0.39, 0.29) is 11.3 Å². The number of rotatable bonds is 2. The summed E-state index contributed by atoms with van der Waals surface area (Å²) in [5.41, 5.74) is 2.23. The Morgan fingerprint density at radius 3 is 2.86 bits per heavy atom. The smallest absolute Gasteiger partial charge is 0.337 e. The second kappa shape index (κ2) is 4.33. The van der Waals surface area contributed by atoms with Crippen molar-refractivity contribution >= 4 is 11.9 Å². The number of nitrogens with zero attached hydrogens (tertiary/aromatic N) is 1. The van der Waals surface area contributed by atoms with Gasteiger partial charge in [0.25, 0.3) is 5.91 Å². The number of hydrazine groups is 1. The minimum Gasteiger partial charge on any atom is -0.465 e. The van der Waals surface area contributed by atoms with Crippen LogP contribution < -0.4 is 11.3 Å². The summed E-state index contributed by atoms with van der Waals surface area (Å²) in [6, 6.07) is 2.74. The first kappa shape index (κ1) is 10.1. The summed E-state index contributed by atoms with van der Waals surface area (Å²) < 4.78 is 4.47. The van der Waals surface area contributed by atoms with E-state index in [1.807, 2.05) is 5.43 Å². The van der Waals surface area contributed by atoms with Crippen LogP contribution in [0.2, 0.25) is 0 Å². The number of hydrogen-bond acceptors (Lipinski definition) is 5. The first-order chi connectivity index (χ1) is 6.69. The van der Waals surface area contributed by atoms with Crippen LogP contribution in [0.4, 0.5) is 0 Å². The first-order valence-corrected chi connectivity index (χ1v) is 3.74. The Morgan fingerprint density at radius 1 is 1.57 bits per heavy atom. The Bertz CT molecular complexity index is 333. The zero-order valence-electron chi connectivity index (χ0n) is 7.48.